The second kappa shape index (κ2) is 6.24. The van der Waals surface area contributed by atoms with Gasteiger partial charge in [-0.1, -0.05) is 19.0 Å². The van der Waals surface area contributed by atoms with Crippen LogP contribution in [0.3, 0.4) is 0 Å². The molecule has 7 heteroatoms. The van der Waals surface area contributed by atoms with E-state index in [1.54, 1.807) is 13.8 Å². The van der Waals surface area contributed by atoms with Crippen LogP contribution in [0.15, 0.2) is 5.16 Å². The lowest BCUT2D eigenvalue weighted by atomic mass is 9.93. The monoisotopic (exact) mass is 237 g/mol. The molecule has 0 fully saturated rings. The van der Waals surface area contributed by atoms with Crippen molar-refractivity contribution in [3.05, 3.63) is 0 Å². The van der Waals surface area contributed by atoms with Crippen LogP contribution in [0.2, 0.25) is 0 Å². The Balaban J connectivity index is 4.75. The molecular formula is C9H17F2N3O2. The van der Waals surface area contributed by atoms with E-state index in [4.69, 9.17) is 10.9 Å². The van der Waals surface area contributed by atoms with Crippen molar-refractivity contribution in [1.29, 1.82) is 0 Å². The minimum Gasteiger partial charge on any atom is -0.409 e. The molecule has 3 N–H and O–H groups in total. The summed E-state index contributed by atoms with van der Waals surface area (Å²) in [6, 6.07) is 0. The van der Waals surface area contributed by atoms with E-state index in [-0.39, 0.29) is 11.8 Å². The van der Waals surface area contributed by atoms with Gasteiger partial charge in [0.15, 0.2) is 5.84 Å². The summed E-state index contributed by atoms with van der Waals surface area (Å²) in [5.74, 6) is -1.95. The summed E-state index contributed by atoms with van der Waals surface area (Å²) in [6.45, 7) is 2.72. The molecule has 1 amide bonds. The molecule has 0 heterocycles. The van der Waals surface area contributed by atoms with E-state index in [1.807, 2.05) is 0 Å². The summed E-state index contributed by atoms with van der Waals surface area (Å²) in [4.78, 5) is 12.6. The summed E-state index contributed by atoms with van der Waals surface area (Å²) in [5.41, 5.74) is 5.35. The second-order valence-corrected chi connectivity index (χ2v) is 3.86. The molecule has 0 bridgehead atoms. The largest absolute Gasteiger partial charge is 0.409 e. The maximum atomic E-state index is 12.1. The number of nitrogens with two attached hydrogens (primary N) is 1. The lowest BCUT2D eigenvalue weighted by Crippen LogP contribution is -2.44. The van der Waals surface area contributed by atoms with Gasteiger partial charge in [0.2, 0.25) is 5.91 Å². The Morgan fingerprint density at radius 1 is 1.50 bits per heavy atom. The number of hydrogen-bond acceptors (Lipinski definition) is 3. The molecule has 0 aliphatic heterocycles. The summed E-state index contributed by atoms with van der Waals surface area (Å²) in [6.07, 6.45) is -2.60. The number of hydrogen-bond donors (Lipinski definition) is 2. The molecule has 0 rings (SSSR count). The lowest BCUT2D eigenvalue weighted by Gasteiger charge is -2.24. The van der Waals surface area contributed by atoms with Gasteiger partial charge in [0.1, 0.15) is 5.92 Å². The van der Waals surface area contributed by atoms with Gasteiger partial charge in [-0.2, -0.15) is 0 Å². The Kier molecular flexibility index (Phi) is 5.69. The molecule has 0 aliphatic rings. The van der Waals surface area contributed by atoms with E-state index in [2.05, 4.69) is 5.16 Å². The summed E-state index contributed by atoms with van der Waals surface area (Å²) < 4.78 is 24.2. The molecule has 0 radical (unpaired) electrons. The molecular weight excluding hydrogens is 220 g/mol. The van der Waals surface area contributed by atoms with Gasteiger partial charge in [0, 0.05) is 7.05 Å². The fraction of sp³-hybridized carbons (Fsp3) is 0.778. The first-order chi connectivity index (χ1) is 7.31. The molecule has 0 spiro atoms. The molecule has 0 aromatic carbocycles. The highest BCUT2D eigenvalue weighted by Gasteiger charge is 2.30. The van der Waals surface area contributed by atoms with Crippen molar-refractivity contribution in [3.8, 4) is 0 Å². The van der Waals surface area contributed by atoms with Crippen molar-refractivity contribution in [3.63, 3.8) is 0 Å². The molecule has 0 aliphatic carbocycles. The Morgan fingerprint density at radius 3 is 2.31 bits per heavy atom. The predicted octanol–water partition coefficient (Wildman–Crippen LogP) is 0.729. The number of carbonyl (C=O) groups is 1. The number of nitrogens with zero attached hydrogens (tertiary/aromatic N) is 2. The smallest absolute Gasteiger partial charge is 0.255 e. The quantitative estimate of drug-likeness (QED) is 0.320. The van der Waals surface area contributed by atoms with Crippen molar-refractivity contribution < 1.29 is 18.8 Å². The zero-order valence-corrected chi connectivity index (χ0v) is 9.52. The Bertz CT molecular complexity index is 269. The molecule has 0 aromatic rings. The average Bonchev–Trinajstić information content (AvgIpc) is 2.15. The van der Waals surface area contributed by atoms with Gasteiger partial charge >= 0.3 is 0 Å². The van der Waals surface area contributed by atoms with Crippen LogP contribution < -0.4 is 5.73 Å². The molecule has 16 heavy (non-hydrogen) atoms. The van der Waals surface area contributed by atoms with Crippen LogP contribution in [-0.4, -0.2) is 41.9 Å². The number of amides is 1. The van der Waals surface area contributed by atoms with Gasteiger partial charge in [-0.15, -0.1) is 0 Å². The van der Waals surface area contributed by atoms with Crippen molar-refractivity contribution in [2.75, 3.05) is 13.6 Å². The number of halogens is 2. The highest BCUT2D eigenvalue weighted by molar-refractivity contribution is 6.02. The van der Waals surface area contributed by atoms with Crippen LogP contribution in [0.1, 0.15) is 13.8 Å². The first-order valence-electron chi connectivity index (χ1n) is 4.81. The lowest BCUT2D eigenvalue weighted by molar-refractivity contribution is -0.134. The molecule has 0 saturated carbocycles. The normalized spacial score (nSPS) is 14.3. The van der Waals surface area contributed by atoms with E-state index >= 15 is 0 Å². The van der Waals surface area contributed by atoms with Crippen LogP contribution in [0.25, 0.3) is 0 Å². The second-order valence-electron chi connectivity index (χ2n) is 3.86. The third kappa shape index (κ3) is 4.00. The van der Waals surface area contributed by atoms with E-state index in [1.165, 1.54) is 7.05 Å². The van der Waals surface area contributed by atoms with Crippen LogP contribution in [-0.2, 0) is 4.79 Å². The molecule has 0 aromatic heterocycles. The number of carbonyl (C=O) groups excluding carboxylic acids is 1. The molecule has 5 nitrogen and oxygen atoms in total. The third-order valence-electron chi connectivity index (χ3n) is 2.15. The number of amidine groups is 1. The van der Waals surface area contributed by atoms with Crippen molar-refractivity contribution in [1.82, 2.24) is 4.90 Å². The summed E-state index contributed by atoms with van der Waals surface area (Å²) >= 11 is 0. The maximum Gasteiger partial charge on any atom is 0.255 e. The zero-order valence-electron chi connectivity index (χ0n) is 9.52. The summed E-state index contributed by atoms with van der Waals surface area (Å²) in [7, 11) is 1.26. The van der Waals surface area contributed by atoms with Crippen molar-refractivity contribution >= 4 is 11.7 Å². The summed E-state index contributed by atoms with van der Waals surface area (Å²) in [5, 5.41) is 11.3. The van der Waals surface area contributed by atoms with Crippen LogP contribution in [0.5, 0.6) is 0 Å². The Morgan fingerprint density at radius 2 is 2.00 bits per heavy atom. The number of oxime groups is 1. The fourth-order valence-electron chi connectivity index (χ4n) is 1.35. The van der Waals surface area contributed by atoms with Gasteiger partial charge in [-0.25, -0.2) is 8.78 Å². The van der Waals surface area contributed by atoms with Crippen LogP contribution in [0, 0.1) is 11.8 Å². The van der Waals surface area contributed by atoms with Gasteiger partial charge in [-0.3, -0.25) is 4.79 Å². The first-order valence-corrected chi connectivity index (χ1v) is 4.81. The van der Waals surface area contributed by atoms with E-state index in [9.17, 15) is 13.6 Å². The standard InChI is InChI=1S/C9H17F2N3O2/c1-5(2)7(8(12)13-16)9(15)14(3)4-6(10)11/h5-7,16H,4H2,1-3H3,(H2,12,13). The first kappa shape index (κ1) is 14.6. The molecule has 1 unspecified atom stereocenters. The van der Waals surface area contributed by atoms with E-state index < -0.39 is 24.8 Å². The van der Waals surface area contributed by atoms with Gasteiger partial charge in [-0.05, 0) is 5.92 Å². The van der Waals surface area contributed by atoms with Gasteiger partial charge < -0.3 is 15.8 Å². The molecule has 0 saturated heterocycles. The van der Waals surface area contributed by atoms with Crippen LogP contribution in [0.4, 0.5) is 8.78 Å². The topological polar surface area (TPSA) is 78.9 Å². The Labute approximate surface area is 92.9 Å². The van der Waals surface area contributed by atoms with Crippen LogP contribution >= 0.6 is 0 Å². The number of rotatable bonds is 5. The third-order valence-corrected chi connectivity index (χ3v) is 2.15. The minimum atomic E-state index is -2.60. The van der Waals surface area contributed by atoms with Gasteiger partial charge in [0.25, 0.3) is 6.43 Å². The molecule has 94 valence electrons. The van der Waals surface area contributed by atoms with Crippen molar-refractivity contribution in [2.45, 2.75) is 20.3 Å². The van der Waals surface area contributed by atoms with E-state index in [0.29, 0.717) is 0 Å². The number of alkyl halides is 2. The highest BCUT2D eigenvalue weighted by atomic mass is 19.3. The fourth-order valence-corrected chi connectivity index (χ4v) is 1.35. The van der Waals surface area contributed by atoms with E-state index in [0.717, 1.165) is 4.90 Å². The maximum absolute atomic E-state index is 12.1. The van der Waals surface area contributed by atoms with Gasteiger partial charge in [0.05, 0.1) is 6.54 Å². The zero-order chi connectivity index (χ0) is 12.9. The Hall–Kier alpha value is -1.40. The highest BCUT2D eigenvalue weighted by Crippen LogP contribution is 2.14. The minimum absolute atomic E-state index is 0.233. The molecule has 1 atom stereocenters. The average molecular weight is 237 g/mol. The van der Waals surface area contributed by atoms with Crippen molar-refractivity contribution in [2.24, 2.45) is 22.7 Å². The predicted molar refractivity (Wildman–Crippen MR) is 55.4 cm³/mol. The SMILES string of the molecule is CC(C)C(C(=O)N(C)CC(F)F)C(N)=NO.